The van der Waals surface area contributed by atoms with Crippen molar-refractivity contribution in [3.8, 4) is 6.07 Å². The van der Waals surface area contributed by atoms with Crippen LogP contribution in [0.15, 0.2) is 18.2 Å². The Bertz CT molecular complexity index is 606. The van der Waals surface area contributed by atoms with Gasteiger partial charge in [-0.25, -0.2) is 0 Å². The fourth-order valence-electron chi connectivity index (χ4n) is 2.61. The Kier molecular flexibility index (Phi) is 3.81. The first-order chi connectivity index (χ1) is 9.74. The van der Waals surface area contributed by atoms with E-state index in [1.807, 2.05) is 6.92 Å². The van der Waals surface area contributed by atoms with Crippen LogP contribution in [0.1, 0.15) is 18.1 Å². The lowest BCUT2D eigenvalue weighted by Crippen LogP contribution is -2.29. The lowest BCUT2D eigenvalue weighted by atomic mass is 9.98. The van der Waals surface area contributed by atoms with Crippen molar-refractivity contribution in [2.75, 3.05) is 18.0 Å². The normalized spacial score (nSPS) is 22.1. The molecule has 0 aliphatic carbocycles. The Morgan fingerprint density at radius 2 is 2.10 bits per heavy atom. The van der Waals surface area contributed by atoms with Gasteiger partial charge >= 0.3 is 6.18 Å². The van der Waals surface area contributed by atoms with Crippen molar-refractivity contribution in [1.29, 1.82) is 5.26 Å². The second kappa shape index (κ2) is 5.28. The minimum Gasteiger partial charge on any atom is -0.369 e. The molecule has 7 heteroatoms. The molecule has 2 atom stereocenters. The molecule has 1 aliphatic heterocycles. The van der Waals surface area contributed by atoms with Gasteiger partial charge in [0.25, 0.3) is 0 Å². The van der Waals surface area contributed by atoms with Crippen molar-refractivity contribution in [3.63, 3.8) is 0 Å². The number of nitrogens with two attached hydrogens (primary N) is 1. The molecule has 0 aromatic heterocycles. The van der Waals surface area contributed by atoms with Crippen LogP contribution in [-0.2, 0) is 11.0 Å². The first-order valence-electron chi connectivity index (χ1n) is 6.39. The summed E-state index contributed by atoms with van der Waals surface area (Å²) in [7, 11) is 0. The molecule has 0 unspecified atom stereocenters. The van der Waals surface area contributed by atoms with E-state index in [2.05, 4.69) is 0 Å². The number of alkyl halides is 3. The molecule has 1 heterocycles. The highest BCUT2D eigenvalue weighted by Gasteiger charge is 2.36. The fraction of sp³-hybridized carbons (Fsp3) is 0.429. The van der Waals surface area contributed by atoms with Crippen LogP contribution in [0.3, 0.4) is 0 Å². The first kappa shape index (κ1) is 15.2. The van der Waals surface area contributed by atoms with Crippen LogP contribution in [0, 0.1) is 23.2 Å². The van der Waals surface area contributed by atoms with Crippen molar-refractivity contribution in [2.45, 2.75) is 13.1 Å². The van der Waals surface area contributed by atoms with Gasteiger partial charge in [0, 0.05) is 13.1 Å². The van der Waals surface area contributed by atoms with E-state index in [0.717, 1.165) is 12.1 Å². The highest BCUT2D eigenvalue weighted by molar-refractivity contribution is 5.79. The van der Waals surface area contributed by atoms with Crippen molar-refractivity contribution in [2.24, 2.45) is 17.6 Å². The van der Waals surface area contributed by atoms with Crippen LogP contribution in [0.2, 0.25) is 0 Å². The number of rotatable bonds is 2. The van der Waals surface area contributed by atoms with Gasteiger partial charge in [0.2, 0.25) is 5.91 Å². The molecule has 1 aromatic rings. The smallest absolute Gasteiger partial charge is 0.369 e. The molecular weight excluding hydrogens is 283 g/mol. The number of hydrogen-bond donors (Lipinski definition) is 1. The number of amides is 1. The average molecular weight is 297 g/mol. The van der Waals surface area contributed by atoms with Gasteiger partial charge in [-0.2, -0.15) is 18.4 Å². The van der Waals surface area contributed by atoms with Gasteiger partial charge in [-0.1, -0.05) is 6.92 Å². The zero-order chi connectivity index (χ0) is 15.8. The summed E-state index contributed by atoms with van der Waals surface area (Å²) in [5.41, 5.74) is 4.79. The predicted molar refractivity (Wildman–Crippen MR) is 70.2 cm³/mol. The molecule has 2 rings (SSSR count). The van der Waals surface area contributed by atoms with Crippen molar-refractivity contribution >= 4 is 11.6 Å². The molecule has 2 N–H and O–H groups in total. The molecule has 0 saturated carbocycles. The Hall–Kier alpha value is -2.23. The van der Waals surface area contributed by atoms with Gasteiger partial charge in [0.15, 0.2) is 0 Å². The number of primary amides is 1. The number of nitriles is 1. The Morgan fingerprint density at radius 1 is 1.43 bits per heavy atom. The molecule has 0 radical (unpaired) electrons. The first-order valence-corrected chi connectivity index (χ1v) is 6.39. The van der Waals surface area contributed by atoms with E-state index < -0.39 is 17.6 Å². The monoisotopic (exact) mass is 297 g/mol. The van der Waals surface area contributed by atoms with Crippen molar-refractivity contribution in [1.82, 2.24) is 0 Å². The number of halogens is 3. The minimum absolute atomic E-state index is 0.00339. The standard InChI is InChI=1S/C14H14F3N3O/c1-8-6-20(7-11(8)13(19)21)12-3-2-10(14(15,16)17)4-9(12)5-18/h2-4,8,11H,6-7H2,1H3,(H2,19,21)/t8-,11-/m1/s1. The summed E-state index contributed by atoms with van der Waals surface area (Å²) in [6, 6.07) is 4.84. The number of carbonyl (C=O) groups is 1. The maximum Gasteiger partial charge on any atom is 0.416 e. The maximum absolute atomic E-state index is 12.7. The lowest BCUT2D eigenvalue weighted by molar-refractivity contribution is -0.137. The zero-order valence-corrected chi connectivity index (χ0v) is 11.3. The summed E-state index contributed by atoms with van der Waals surface area (Å²) in [6.45, 7) is 2.65. The average Bonchev–Trinajstić information content (AvgIpc) is 2.79. The predicted octanol–water partition coefficient (Wildman–Crippen LogP) is 2.13. The SMILES string of the molecule is C[C@@H]1CN(c2ccc(C(F)(F)F)cc2C#N)C[C@H]1C(N)=O. The van der Waals surface area contributed by atoms with E-state index in [9.17, 15) is 18.0 Å². The van der Waals surface area contributed by atoms with E-state index in [4.69, 9.17) is 11.0 Å². The number of anilines is 1. The third-order valence-electron chi connectivity index (χ3n) is 3.76. The Balaban J connectivity index is 2.34. The van der Waals surface area contributed by atoms with Gasteiger partial charge in [-0.3, -0.25) is 4.79 Å². The number of benzene rings is 1. The van der Waals surface area contributed by atoms with E-state index in [1.54, 1.807) is 11.0 Å². The molecule has 1 saturated heterocycles. The molecule has 0 bridgehead atoms. The van der Waals surface area contributed by atoms with Gasteiger partial charge in [-0.15, -0.1) is 0 Å². The third kappa shape index (κ3) is 2.94. The number of carbonyl (C=O) groups excluding carboxylic acids is 1. The summed E-state index contributed by atoms with van der Waals surface area (Å²) in [5.74, 6) is -0.800. The number of nitrogens with zero attached hydrogens (tertiary/aromatic N) is 2. The van der Waals surface area contributed by atoms with Gasteiger partial charge < -0.3 is 10.6 Å². The molecule has 1 aliphatic rings. The summed E-state index contributed by atoms with van der Waals surface area (Å²) in [4.78, 5) is 13.0. The summed E-state index contributed by atoms with van der Waals surface area (Å²) in [6.07, 6.45) is -4.49. The van der Waals surface area contributed by atoms with Crippen molar-refractivity contribution < 1.29 is 18.0 Å². The minimum atomic E-state index is -4.49. The van der Waals surface area contributed by atoms with E-state index >= 15 is 0 Å². The molecule has 1 amide bonds. The van der Waals surface area contributed by atoms with Gasteiger partial charge in [0.1, 0.15) is 6.07 Å². The van der Waals surface area contributed by atoms with Gasteiger partial charge in [0.05, 0.1) is 22.7 Å². The highest BCUT2D eigenvalue weighted by Crippen LogP contribution is 2.35. The molecule has 4 nitrogen and oxygen atoms in total. The second-order valence-electron chi connectivity index (χ2n) is 5.23. The number of hydrogen-bond acceptors (Lipinski definition) is 3. The van der Waals surface area contributed by atoms with Crippen LogP contribution in [0.25, 0.3) is 0 Å². The molecule has 1 aromatic carbocycles. The Morgan fingerprint density at radius 3 is 2.57 bits per heavy atom. The fourth-order valence-corrected chi connectivity index (χ4v) is 2.61. The van der Waals surface area contributed by atoms with Crippen LogP contribution in [-0.4, -0.2) is 19.0 Å². The van der Waals surface area contributed by atoms with E-state index in [0.29, 0.717) is 18.8 Å². The van der Waals surface area contributed by atoms with Crippen LogP contribution in [0.4, 0.5) is 18.9 Å². The van der Waals surface area contributed by atoms with Crippen LogP contribution in [0.5, 0.6) is 0 Å². The van der Waals surface area contributed by atoms with E-state index in [1.165, 1.54) is 6.07 Å². The summed E-state index contributed by atoms with van der Waals surface area (Å²) in [5, 5.41) is 9.07. The van der Waals surface area contributed by atoms with Gasteiger partial charge in [-0.05, 0) is 24.1 Å². The van der Waals surface area contributed by atoms with Crippen molar-refractivity contribution in [3.05, 3.63) is 29.3 Å². The molecule has 112 valence electrons. The Labute approximate surface area is 119 Å². The largest absolute Gasteiger partial charge is 0.416 e. The summed E-state index contributed by atoms with van der Waals surface area (Å²) >= 11 is 0. The molecular formula is C14H14F3N3O. The van der Waals surface area contributed by atoms with Crippen LogP contribution < -0.4 is 10.6 Å². The molecule has 21 heavy (non-hydrogen) atoms. The topological polar surface area (TPSA) is 70.1 Å². The molecule has 1 fully saturated rings. The lowest BCUT2D eigenvalue weighted by Gasteiger charge is -2.20. The highest BCUT2D eigenvalue weighted by atomic mass is 19.4. The zero-order valence-electron chi connectivity index (χ0n) is 11.3. The quantitative estimate of drug-likeness (QED) is 0.909. The van der Waals surface area contributed by atoms with E-state index in [-0.39, 0.29) is 17.4 Å². The van der Waals surface area contributed by atoms with Crippen LogP contribution >= 0.6 is 0 Å². The molecule has 0 spiro atoms. The maximum atomic E-state index is 12.7. The second-order valence-corrected chi connectivity index (χ2v) is 5.23. The summed E-state index contributed by atoms with van der Waals surface area (Å²) < 4.78 is 38.0. The third-order valence-corrected chi connectivity index (χ3v) is 3.76.